The summed E-state index contributed by atoms with van der Waals surface area (Å²) in [6, 6.07) is 15.7. The lowest BCUT2D eigenvalue weighted by Crippen LogP contribution is -2.24. The number of aryl methyl sites for hydroxylation is 1. The standard InChI is InChI=1S/C21H20FN3O/c22-16-12-10-15(11-13-16)21(26)23-14-20-24-18-8-4-5-9-19(18)25(20)17-6-2-1-3-7-17/h1-3,6-7,10-13H,4-5,8-9,14H2,(H,23,26). The van der Waals surface area contributed by atoms with E-state index in [0.717, 1.165) is 42.9 Å². The van der Waals surface area contributed by atoms with Crippen LogP contribution in [-0.4, -0.2) is 15.5 Å². The van der Waals surface area contributed by atoms with Gasteiger partial charge in [-0.15, -0.1) is 0 Å². The number of para-hydroxylation sites is 1. The SMILES string of the molecule is O=C(NCc1nc2c(n1-c1ccccc1)CCCC2)c1ccc(F)cc1. The second kappa shape index (κ2) is 7.12. The van der Waals surface area contributed by atoms with Gasteiger partial charge in [0.15, 0.2) is 0 Å². The Morgan fingerprint density at radius 3 is 2.54 bits per heavy atom. The Labute approximate surface area is 151 Å². The molecule has 0 fully saturated rings. The number of carbonyl (C=O) groups is 1. The molecule has 0 aliphatic heterocycles. The van der Waals surface area contributed by atoms with Crippen LogP contribution < -0.4 is 5.32 Å². The molecule has 1 N–H and O–H groups in total. The van der Waals surface area contributed by atoms with Gasteiger partial charge in [-0.2, -0.15) is 0 Å². The van der Waals surface area contributed by atoms with Crippen molar-refractivity contribution in [2.24, 2.45) is 0 Å². The Morgan fingerprint density at radius 1 is 1.04 bits per heavy atom. The Bertz CT molecular complexity index is 916. The zero-order valence-electron chi connectivity index (χ0n) is 14.4. The molecule has 0 radical (unpaired) electrons. The number of nitrogens with one attached hydrogen (secondary N) is 1. The number of fused-ring (bicyclic) bond motifs is 1. The second-order valence-electron chi connectivity index (χ2n) is 6.49. The summed E-state index contributed by atoms with van der Waals surface area (Å²) in [7, 11) is 0. The van der Waals surface area contributed by atoms with Gasteiger partial charge in [0.25, 0.3) is 5.91 Å². The summed E-state index contributed by atoms with van der Waals surface area (Å²) in [5, 5.41) is 2.91. The zero-order valence-corrected chi connectivity index (χ0v) is 14.4. The molecule has 1 amide bonds. The molecule has 26 heavy (non-hydrogen) atoms. The van der Waals surface area contributed by atoms with Crippen molar-refractivity contribution in [1.82, 2.24) is 14.9 Å². The number of rotatable bonds is 4. The number of halogens is 1. The third kappa shape index (κ3) is 3.25. The van der Waals surface area contributed by atoms with Crippen molar-refractivity contribution in [1.29, 1.82) is 0 Å². The van der Waals surface area contributed by atoms with Crippen molar-refractivity contribution in [2.75, 3.05) is 0 Å². The highest BCUT2D eigenvalue weighted by Gasteiger charge is 2.21. The van der Waals surface area contributed by atoms with E-state index in [1.54, 1.807) is 0 Å². The Hall–Kier alpha value is -2.95. The first-order valence-electron chi connectivity index (χ1n) is 8.91. The number of hydrogen-bond donors (Lipinski definition) is 1. The fraction of sp³-hybridized carbons (Fsp3) is 0.238. The molecule has 3 aromatic rings. The predicted molar refractivity (Wildman–Crippen MR) is 97.8 cm³/mol. The molecule has 5 heteroatoms. The second-order valence-corrected chi connectivity index (χ2v) is 6.49. The van der Waals surface area contributed by atoms with Gasteiger partial charge in [0, 0.05) is 16.9 Å². The van der Waals surface area contributed by atoms with E-state index in [9.17, 15) is 9.18 Å². The highest BCUT2D eigenvalue weighted by molar-refractivity contribution is 5.94. The van der Waals surface area contributed by atoms with E-state index >= 15 is 0 Å². The van der Waals surface area contributed by atoms with Crippen molar-refractivity contribution in [2.45, 2.75) is 32.2 Å². The van der Waals surface area contributed by atoms with E-state index < -0.39 is 0 Å². The maximum absolute atomic E-state index is 13.0. The number of aromatic nitrogens is 2. The minimum atomic E-state index is -0.353. The molecule has 1 aliphatic carbocycles. The van der Waals surface area contributed by atoms with Crippen LogP contribution in [0.2, 0.25) is 0 Å². The van der Waals surface area contributed by atoms with E-state index in [1.807, 2.05) is 18.2 Å². The molecule has 4 rings (SSSR count). The number of nitrogens with zero attached hydrogens (tertiary/aromatic N) is 2. The maximum atomic E-state index is 13.0. The summed E-state index contributed by atoms with van der Waals surface area (Å²) in [6.07, 6.45) is 4.30. The number of hydrogen-bond acceptors (Lipinski definition) is 2. The number of amides is 1. The first kappa shape index (κ1) is 16.5. The molecule has 1 aromatic heterocycles. The van der Waals surface area contributed by atoms with E-state index in [1.165, 1.54) is 30.0 Å². The third-order valence-electron chi connectivity index (χ3n) is 4.73. The monoisotopic (exact) mass is 349 g/mol. The van der Waals surface area contributed by atoms with Crippen molar-refractivity contribution < 1.29 is 9.18 Å². The molecule has 0 unspecified atom stereocenters. The fourth-order valence-corrected chi connectivity index (χ4v) is 3.46. The Balaban J connectivity index is 1.61. The van der Waals surface area contributed by atoms with Gasteiger partial charge >= 0.3 is 0 Å². The molecule has 1 heterocycles. The van der Waals surface area contributed by atoms with Gasteiger partial charge in [-0.25, -0.2) is 9.37 Å². The summed E-state index contributed by atoms with van der Waals surface area (Å²) in [5.41, 5.74) is 3.88. The zero-order chi connectivity index (χ0) is 17.9. The molecule has 2 aromatic carbocycles. The van der Waals surface area contributed by atoms with Gasteiger partial charge in [-0.1, -0.05) is 18.2 Å². The summed E-state index contributed by atoms with van der Waals surface area (Å²) in [4.78, 5) is 17.1. The maximum Gasteiger partial charge on any atom is 0.251 e. The lowest BCUT2D eigenvalue weighted by molar-refractivity contribution is 0.0949. The fourth-order valence-electron chi connectivity index (χ4n) is 3.46. The largest absolute Gasteiger partial charge is 0.345 e. The van der Waals surface area contributed by atoms with Gasteiger partial charge < -0.3 is 5.32 Å². The minimum absolute atomic E-state index is 0.231. The summed E-state index contributed by atoms with van der Waals surface area (Å²) < 4.78 is 15.2. The van der Waals surface area contributed by atoms with Crippen LogP contribution >= 0.6 is 0 Å². The molecule has 1 aliphatic rings. The normalized spacial score (nSPS) is 13.3. The molecule has 0 bridgehead atoms. The summed E-state index contributed by atoms with van der Waals surface area (Å²) in [5.74, 6) is 0.248. The molecule has 132 valence electrons. The van der Waals surface area contributed by atoms with E-state index in [-0.39, 0.29) is 11.7 Å². The van der Waals surface area contributed by atoms with E-state index in [4.69, 9.17) is 4.98 Å². The molecule has 0 saturated carbocycles. The number of imidazole rings is 1. The van der Waals surface area contributed by atoms with Crippen molar-refractivity contribution >= 4 is 5.91 Å². The predicted octanol–water partition coefficient (Wildman–Crippen LogP) is 3.82. The Kier molecular flexibility index (Phi) is 4.52. The minimum Gasteiger partial charge on any atom is -0.345 e. The van der Waals surface area contributed by atoms with Crippen LogP contribution in [0.3, 0.4) is 0 Å². The van der Waals surface area contributed by atoms with Gasteiger partial charge in [0.05, 0.1) is 12.2 Å². The number of benzene rings is 2. The highest BCUT2D eigenvalue weighted by atomic mass is 19.1. The summed E-state index contributed by atoms with van der Waals surface area (Å²) >= 11 is 0. The van der Waals surface area contributed by atoms with Crippen molar-refractivity contribution in [3.8, 4) is 5.69 Å². The van der Waals surface area contributed by atoms with Crippen LogP contribution in [0.25, 0.3) is 5.69 Å². The summed E-state index contributed by atoms with van der Waals surface area (Å²) in [6.45, 7) is 0.331. The highest BCUT2D eigenvalue weighted by Crippen LogP contribution is 2.25. The average molecular weight is 349 g/mol. The molecule has 0 spiro atoms. The lowest BCUT2D eigenvalue weighted by Gasteiger charge is -2.15. The molecular weight excluding hydrogens is 329 g/mol. The first-order valence-corrected chi connectivity index (χ1v) is 8.91. The van der Waals surface area contributed by atoms with E-state index in [0.29, 0.717) is 12.1 Å². The van der Waals surface area contributed by atoms with Crippen LogP contribution in [0.15, 0.2) is 54.6 Å². The van der Waals surface area contributed by atoms with Crippen LogP contribution in [0.1, 0.15) is 40.4 Å². The number of carbonyl (C=O) groups excluding carboxylic acids is 1. The quantitative estimate of drug-likeness (QED) is 0.778. The molecule has 4 nitrogen and oxygen atoms in total. The van der Waals surface area contributed by atoms with Crippen molar-refractivity contribution in [3.63, 3.8) is 0 Å². The van der Waals surface area contributed by atoms with Crippen LogP contribution in [0.4, 0.5) is 4.39 Å². The first-order chi connectivity index (χ1) is 12.7. The average Bonchev–Trinajstić information content (AvgIpc) is 3.05. The van der Waals surface area contributed by atoms with Gasteiger partial charge in [-0.3, -0.25) is 9.36 Å². The van der Waals surface area contributed by atoms with Crippen LogP contribution in [0, 0.1) is 5.82 Å². The van der Waals surface area contributed by atoms with Crippen molar-refractivity contribution in [3.05, 3.63) is 83.2 Å². The molecule has 0 atom stereocenters. The Morgan fingerprint density at radius 2 is 1.77 bits per heavy atom. The van der Waals surface area contributed by atoms with Gasteiger partial charge in [0.2, 0.25) is 0 Å². The van der Waals surface area contributed by atoms with Gasteiger partial charge in [-0.05, 0) is 62.1 Å². The van der Waals surface area contributed by atoms with Crippen LogP contribution in [-0.2, 0) is 19.4 Å². The molecular formula is C21H20FN3O. The topological polar surface area (TPSA) is 46.9 Å². The van der Waals surface area contributed by atoms with Gasteiger partial charge in [0.1, 0.15) is 11.6 Å². The molecule has 0 saturated heterocycles. The smallest absolute Gasteiger partial charge is 0.251 e. The lowest BCUT2D eigenvalue weighted by atomic mass is 10.0. The van der Waals surface area contributed by atoms with E-state index in [2.05, 4.69) is 22.0 Å². The van der Waals surface area contributed by atoms with Crippen LogP contribution in [0.5, 0.6) is 0 Å². The third-order valence-corrected chi connectivity index (χ3v) is 4.73.